The Morgan fingerprint density at radius 3 is 2.81 bits per heavy atom. The number of hydrogen-bond donors (Lipinski definition) is 2. The van der Waals surface area contributed by atoms with Crippen LogP contribution < -0.4 is 15.8 Å². The topological polar surface area (TPSA) is 76.8 Å². The number of rotatable bonds is 9. The van der Waals surface area contributed by atoms with Crippen LogP contribution in [0.1, 0.15) is 11.6 Å². The maximum absolute atomic E-state index is 11.8. The third-order valence-electron chi connectivity index (χ3n) is 3.26. The third-order valence-corrected chi connectivity index (χ3v) is 3.26. The molecule has 1 rings (SSSR count). The molecule has 21 heavy (non-hydrogen) atoms. The second kappa shape index (κ2) is 9.33. The van der Waals surface area contributed by atoms with Gasteiger partial charge in [-0.1, -0.05) is 12.1 Å². The number of ether oxygens (including phenoxy) is 2. The summed E-state index contributed by atoms with van der Waals surface area (Å²) in [6.45, 7) is 1.72. The van der Waals surface area contributed by atoms with E-state index >= 15 is 0 Å². The summed E-state index contributed by atoms with van der Waals surface area (Å²) >= 11 is 0. The predicted molar refractivity (Wildman–Crippen MR) is 82.3 cm³/mol. The Labute approximate surface area is 126 Å². The summed E-state index contributed by atoms with van der Waals surface area (Å²) in [4.78, 5) is 13.8. The third kappa shape index (κ3) is 5.71. The Bertz CT molecular complexity index is 440. The highest BCUT2D eigenvalue weighted by Gasteiger charge is 2.18. The van der Waals surface area contributed by atoms with Crippen LogP contribution in [0.25, 0.3) is 0 Å². The summed E-state index contributed by atoms with van der Waals surface area (Å²) in [7, 11) is 5.11. The van der Waals surface area contributed by atoms with Gasteiger partial charge in [0, 0.05) is 26.2 Å². The van der Waals surface area contributed by atoms with E-state index in [0.717, 1.165) is 11.3 Å². The van der Waals surface area contributed by atoms with Crippen LogP contribution in [0, 0.1) is 0 Å². The van der Waals surface area contributed by atoms with Gasteiger partial charge in [0.15, 0.2) is 0 Å². The monoisotopic (exact) mass is 295 g/mol. The van der Waals surface area contributed by atoms with Crippen molar-refractivity contribution in [1.29, 1.82) is 0 Å². The highest BCUT2D eigenvalue weighted by molar-refractivity contribution is 5.78. The van der Waals surface area contributed by atoms with Gasteiger partial charge in [-0.25, -0.2) is 0 Å². The van der Waals surface area contributed by atoms with Crippen LogP contribution in [0.15, 0.2) is 24.3 Å². The van der Waals surface area contributed by atoms with E-state index in [1.807, 2.05) is 36.2 Å². The molecule has 6 nitrogen and oxygen atoms in total. The van der Waals surface area contributed by atoms with Crippen molar-refractivity contribution in [3.05, 3.63) is 29.8 Å². The Morgan fingerprint density at radius 2 is 2.19 bits per heavy atom. The molecule has 1 aromatic rings. The van der Waals surface area contributed by atoms with Crippen molar-refractivity contribution in [2.75, 3.05) is 47.5 Å². The predicted octanol–water partition coefficient (Wildman–Crippen LogP) is 0.389. The molecule has 0 spiro atoms. The van der Waals surface area contributed by atoms with E-state index < -0.39 is 0 Å². The highest BCUT2D eigenvalue weighted by atomic mass is 16.5. The van der Waals surface area contributed by atoms with Gasteiger partial charge in [-0.05, 0) is 24.7 Å². The molecular weight excluding hydrogens is 270 g/mol. The molecule has 6 heteroatoms. The van der Waals surface area contributed by atoms with Crippen LogP contribution >= 0.6 is 0 Å². The molecule has 0 aromatic heterocycles. The molecular formula is C15H25N3O3. The molecule has 0 saturated carbocycles. The lowest BCUT2D eigenvalue weighted by Gasteiger charge is -2.27. The first-order valence-corrected chi connectivity index (χ1v) is 6.92. The average Bonchev–Trinajstić information content (AvgIpc) is 2.48. The number of benzene rings is 1. The first kappa shape index (κ1) is 17.4. The number of likely N-dealkylation sites (N-methyl/N-ethyl adjacent to an activating group) is 1. The summed E-state index contributed by atoms with van der Waals surface area (Å²) < 4.78 is 10.1. The van der Waals surface area contributed by atoms with E-state index in [2.05, 4.69) is 5.32 Å². The first-order chi connectivity index (χ1) is 10.1. The van der Waals surface area contributed by atoms with Crippen molar-refractivity contribution in [2.45, 2.75) is 6.04 Å². The molecule has 0 aliphatic heterocycles. The molecule has 0 aliphatic rings. The average molecular weight is 295 g/mol. The number of carbonyl (C=O) groups is 1. The van der Waals surface area contributed by atoms with Crippen LogP contribution in [0.3, 0.4) is 0 Å². The van der Waals surface area contributed by atoms with Crippen molar-refractivity contribution >= 4 is 5.91 Å². The summed E-state index contributed by atoms with van der Waals surface area (Å²) in [5.41, 5.74) is 6.89. The van der Waals surface area contributed by atoms with Gasteiger partial charge in [0.25, 0.3) is 0 Å². The lowest BCUT2D eigenvalue weighted by atomic mass is 10.1. The van der Waals surface area contributed by atoms with E-state index in [-0.39, 0.29) is 18.5 Å². The zero-order chi connectivity index (χ0) is 15.7. The molecule has 1 aromatic carbocycles. The van der Waals surface area contributed by atoms with Gasteiger partial charge in [-0.2, -0.15) is 0 Å². The minimum Gasteiger partial charge on any atom is -0.497 e. The first-order valence-electron chi connectivity index (χ1n) is 6.92. The SMILES string of the molecule is COCCNC(=O)CN(C)C(CN)c1cccc(OC)c1. The standard InChI is InChI=1S/C15H25N3O3/c1-18(11-15(19)17-7-8-20-2)14(10-16)12-5-4-6-13(9-12)21-3/h4-6,9,14H,7-8,10-11,16H2,1-3H3,(H,17,19). The van der Waals surface area contributed by atoms with Gasteiger partial charge >= 0.3 is 0 Å². The van der Waals surface area contributed by atoms with Crippen LogP contribution in [-0.4, -0.2) is 58.3 Å². The van der Waals surface area contributed by atoms with Crippen molar-refractivity contribution in [3.63, 3.8) is 0 Å². The lowest BCUT2D eigenvalue weighted by molar-refractivity contribution is -0.122. The molecule has 0 radical (unpaired) electrons. The molecule has 0 bridgehead atoms. The molecule has 0 fully saturated rings. The number of methoxy groups -OCH3 is 2. The van der Waals surface area contributed by atoms with Crippen molar-refractivity contribution in [3.8, 4) is 5.75 Å². The van der Waals surface area contributed by atoms with Gasteiger partial charge in [-0.3, -0.25) is 9.69 Å². The highest BCUT2D eigenvalue weighted by Crippen LogP contribution is 2.22. The Balaban J connectivity index is 2.63. The van der Waals surface area contributed by atoms with Crippen molar-refractivity contribution in [1.82, 2.24) is 10.2 Å². The summed E-state index contributed by atoms with van der Waals surface area (Å²) in [6.07, 6.45) is 0. The number of nitrogens with zero attached hydrogens (tertiary/aromatic N) is 1. The number of amides is 1. The lowest BCUT2D eigenvalue weighted by Crippen LogP contribution is -2.40. The Morgan fingerprint density at radius 1 is 1.43 bits per heavy atom. The molecule has 1 atom stereocenters. The normalized spacial score (nSPS) is 12.2. The van der Waals surface area contributed by atoms with Crippen LogP contribution in [0.5, 0.6) is 5.75 Å². The van der Waals surface area contributed by atoms with Crippen LogP contribution in [-0.2, 0) is 9.53 Å². The van der Waals surface area contributed by atoms with E-state index in [9.17, 15) is 4.79 Å². The second-order valence-corrected chi connectivity index (χ2v) is 4.79. The molecule has 3 N–H and O–H groups in total. The Kier molecular flexibility index (Phi) is 7.74. The molecule has 0 aliphatic carbocycles. The summed E-state index contributed by atoms with van der Waals surface area (Å²) in [5.74, 6) is 0.736. The molecule has 1 unspecified atom stereocenters. The molecule has 0 saturated heterocycles. The van der Waals surface area contributed by atoms with Gasteiger partial charge in [0.05, 0.1) is 20.3 Å². The number of hydrogen-bond acceptors (Lipinski definition) is 5. The van der Waals surface area contributed by atoms with Gasteiger partial charge < -0.3 is 20.5 Å². The smallest absolute Gasteiger partial charge is 0.234 e. The summed E-state index contributed by atoms with van der Waals surface area (Å²) in [5, 5.41) is 2.80. The van der Waals surface area contributed by atoms with Gasteiger partial charge in [-0.15, -0.1) is 0 Å². The zero-order valence-corrected chi connectivity index (χ0v) is 13.0. The van der Waals surface area contributed by atoms with E-state index in [4.69, 9.17) is 15.2 Å². The van der Waals surface area contributed by atoms with E-state index in [0.29, 0.717) is 19.7 Å². The maximum atomic E-state index is 11.8. The number of carbonyl (C=O) groups excluding carboxylic acids is 1. The minimum atomic E-state index is -0.0455. The van der Waals surface area contributed by atoms with Crippen molar-refractivity contribution in [2.24, 2.45) is 5.73 Å². The molecule has 0 heterocycles. The van der Waals surface area contributed by atoms with Gasteiger partial charge in [0.2, 0.25) is 5.91 Å². The molecule has 118 valence electrons. The fourth-order valence-corrected chi connectivity index (χ4v) is 2.10. The Hall–Kier alpha value is -1.63. The van der Waals surface area contributed by atoms with Gasteiger partial charge in [0.1, 0.15) is 5.75 Å². The molecule has 1 amide bonds. The van der Waals surface area contributed by atoms with E-state index in [1.54, 1.807) is 14.2 Å². The van der Waals surface area contributed by atoms with E-state index in [1.165, 1.54) is 0 Å². The van der Waals surface area contributed by atoms with Crippen LogP contribution in [0.4, 0.5) is 0 Å². The zero-order valence-electron chi connectivity index (χ0n) is 13.0. The number of nitrogens with one attached hydrogen (secondary N) is 1. The largest absolute Gasteiger partial charge is 0.497 e. The summed E-state index contributed by atoms with van der Waals surface area (Å²) in [6, 6.07) is 7.70. The second-order valence-electron chi connectivity index (χ2n) is 4.79. The minimum absolute atomic E-state index is 0.0340. The van der Waals surface area contributed by atoms with Crippen LogP contribution in [0.2, 0.25) is 0 Å². The maximum Gasteiger partial charge on any atom is 0.234 e. The quantitative estimate of drug-likeness (QED) is 0.645. The number of nitrogens with two attached hydrogens (primary N) is 1. The fourth-order valence-electron chi connectivity index (χ4n) is 2.10. The van der Waals surface area contributed by atoms with Crippen molar-refractivity contribution < 1.29 is 14.3 Å². The fraction of sp³-hybridized carbons (Fsp3) is 0.533.